The summed E-state index contributed by atoms with van der Waals surface area (Å²) in [5.41, 5.74) is 6.74. The summed E-state index contributed by atoms with van der Waals surface area (Å²) in [6, 6.07) is 2.86. The minimum atomic E-state index is 0.568. The van der Waals surface area contributed by atoms with Crippen molar-refractivity contribution in [2.24, 2.45) is 11.7 Å². The van der Waals surface area contributed by atoms with Crippen molar-refractivity contribution >= 4 is 0 Å². The van der Waals surface area contributed by atoms with E-state index in [-0.39, 0.29) is 0 Å². The first kappa shape index (κ1) is 14.6. The van der Waals surface area contributed by atoms with Gasteiger partial charge in [0, 0.05) is 18.2 Å². The van der Waals surface area contributed by atoms with Crippen LogP contribution in [-0.4, -0.2) is 17.5 Å². The Bertz CT molecular complexity index is 367. The fourth-order valence-electron chi connectivity index (χ4n) is 2.90. The van der Waals surface area contributed by atoms with E-state index in [0.29, 0.717) is 6.54 Å². The van der Waals surface area contributed by atoms with Crippen LogP contribution in [0.25, 0.3) is 0 Å². The molecular formula is C16H28N2O. The Morgan fingerprint density at radius 3 is 2.68 bits per heavy atom. The van der Waals surface area contributed by atoms with E-state index >= 15 is 0 Å². The third-order valence-corrected chi connectivity index (χ3v) is 4.14. The van der Waals surface area contributed by atoms with E-state index < -0.39 is 0 Å². The van der Waals surface area contributed by atoms with Gasteiger partial charge in [0.05, 0.1) is 12.8 Å². The van der Waals surface area contributed by atoms with Crippen LogP contribution in [0.3, 0.4) is 0 Å². The molecule has 0 radical (unpaired) electrons. The largest absolute Gasteiger partial charge is 0.468 e. The maximum atomic E-state index is 5.64. The SMILES string of the molecule is CC(C)CCN(Cc1cc(CN)co1)C1CCCC1. The minimum Gasteiger partial charge on any atom is -0.468 e. The Hall–Kier alpha value is -0.800. The lowest BCUT2D eigenvalue weighted by molar-refractivity contribution is 0.166. The highest BCUT2D eigenvalue weighted by atomic mass is 16.3. The maximum Gasteiger partial charge on any atom is 0.118 e. The molecule has 1 fully saturated rings. The van der Waals surface area contributed by atoms with E-state index in [9.17, 15) is 0 Å². The van der Waals surface area contributed by atoms with Gasteiger partial charge in [0.25, 0.3) is 0 Å². The van der Waals surface area contributed by atoms with Crippen LogP contribution in [0.2, 0.25) is 0 Å². The van der Waals surface area contributed by atoms with Crippen molar-refractivity contribution < 1.29 is 4.42 Å². The average Bonchev–Trinajstić information content (AvgIpc) is 3.05. The maximum absolute atomic E-state index is 5.64. The van der Waals surface area contributed by atoms with Gasteiger partial charge >= 0.3 is 0 Å². The van der Waals surface area contributed by atoms with E-state index in [1.165, 1.54) is 38.6 Å². The highest BCUT2D eigenvalue weighted by Gasteiger charge is 2.23. The molecule has 1 aliphatic rings. The highest BCUT2D eigenvalue weighted by Crippen LogP contribution is 2.26. The fourth-order valence-corrected chi connectivity index (χ4v) is 2.90. The lowest BCUT2D eigenvalue weighted by Crippen LogP contribution is -2.34. The van der Waals surface area contributed by atoms with Crippen molar-refractivity contribution in [3.8, 4) is 0 Å². The van der Waals surface area contributed by atoms with Gasteiger partial charge in [-0.2, -0.15) is 0 Å². The van der Waals surface area contributed by atoms with Crippen LogP contribution in [0, 0.1) is 5.92 Å². The minimum absolute atomic E-state index is 0.568. The van der Waals surface area contributed by atoms with Crippen LogP contribution in [0.1, 0.15) is 57.3 Å². The Morgan fingerprint density at radius 1 is 1.37 bits per heavy atom. The van der Waals surface area contributed by atoms with E-state index in [0.717, 1.165) is 29.8 Å². The summed E-state index contributed by atoms with van der Waals surface area (Å²) >= 11 is 0. The molecule has 1 heterocycles. The van der Waals surface area contributed by atoms with Crippen LogP contribution in [0.4, 0.5) is 0 Å². The van der Waals surface area contributed by atoms with Gasteiger partial charge in [-0.3, -0.25) is 4.90 Å². The molecule has 1 aromatic rings. The smallest absolute Gasteiger partial charge is 0.118 e. The molecule has 19 heavy (non-hydrogen) atoms. The van der Waals surface area contributed by atoms with Crippen molar-refractivity contribution in [3.63, 3.8) is 0 Å². The van der Waals surface area contributed by atoms with Gasteiger partial charge in [0.1, 0.15) is 5.76 Å². The molecule has 0 spiro atoms. The van der Waals surface area contributed by atoms with E-state index in [1.807, 2.05) is 0 Å². The quantitative estimate of drug-likeness (QED) is 0.819. The number of hydrogen-bond acceptors (Lipinski definition) is 3. The first-order chi connectivity index (χ1) is 9.19. The molecule has 0 unspecified atom stereocenters. The molecule has 1 aromatic heterocycles. The molecule has 2 N–H and O–H groups in total. The highest BCUT2D eigenvalue weighted by molar-refractivity contribution is 5.12. The third-order valence-electron chi connectivity index (χ3n) is 4.14. The topological polar surface area (TPSA) is 42.4 Å². The molecule has 3 nitrogen and oxygen atoms in total. The number of rotatable bonds is 7. The zero-order chi connectivity index (χ0) is 13.7. The van der Waals surface area contributed by atoms with E-state index in [2.05, 4.69) is 24.8 Å². The number of hydrogen-bond donors (Lipinski definition) is 1. The predicted octanol–water partition coefficient (Wildman–Crippen LogP) is 3.53. The van der Waals surface area contributed by atoms with Gasteiger partial charge in [-0.25, -0.2) is 0 Å². The number of furan rings is 1. The zero-order valence-corrected chi connectivity index (χ0v) is 12.4. The van der Waals surface area contributed by atoms with Crippen LogP contribution in [0.5, 0.6) is 0 Å². The molecule has 0 amide bonds. The second-order valence-electron chi connectivity index (χ2n) is 6.22. The van der Waals surface area contributed by atoms with Crippen molar-refractivity contribution in [1.29, 1.82) is 0 Å². The van der Waals surface area contributed by atoms with Gasteiger partial charge < -0.3 is 10.2 Å². The standard InChI is InChI=1S/C16H28N2O/c1-13(2)7-8-18(15-5-3-4-6-15)11-16-9-14(10-17)12-19-16/h9,12-13,15H,3-8,10-11,17H2,1-2H3. The van der Waals surface area contributed by atoms with Crippen molar-refractivity contribution in [1.82, 2.24) is 4.90 Å². The van der Waals surface area contributed by atoms with Crippen molar-refractivity contribution in [2.45, 2.75) is 65.1 Å². The predicted molar refractivity (Wildman–Crippen MR) is 78.7 cm³/mol. The molecule has 2 rings (SSSR count). The fraction of sp³-hybridized carbons (Fsp3) is 0.750. The second kappa shape index (κ2) is 7.11. The molecule has 1 aliphatic carbocycles. The molecular weight excluding hydrogens is 236 g/mol. The molecule has 0 bridgehead atoms. The summed E-state index contributed by atoms with van der Waals surface area (Å²) in [5.74, 6) is 1.83. The van der Waals surface area contributed by atoms with Gasteiger partial charge in [0.2, 0.25) is 0 Å². The molecule has 0 saturated heterocycles. The molecule has 3 heteroatoms. The lowest BCUT2D eigenvalue weighted by Gasteiger charge is -2.28. The summed E-state index contributed by atoms with van der Waals surface area (Å²) in [5, 5.41) is 0. The second-order valence-corrected chi connectivity index (χ2v) is 6.22. The number of nitrogens with zero attached hydrogens (tertiary/aromatic N) is 1. The molecule has 0 aromatic carbocycles. The first-order valence-corrected chi connectivity index (χ1v) is 7.69. The first-order valence-electron chi connectivity index (χ1n) is 7.69. The molecule has 108 valence electrons. The summed E-state index contributed by atoms with van der Waals surface area (Å²) in [6.07, 6.45) is 8.53. The Kier molecular flexibility index (Phi) is 5.46. The average molecular weight is 264 g/mol. The Balaban J connectivity index is 1.95. The van der Waals surface area contributed by atoms with Gasteiger partial charge in [0.15, 0.2) is 0 Å². The van der Waals surface area contributed by atoms with E-state index in [1.54, 1.807) is 6.26 Å². The summed E-state index contributed by atoms with van der Waals surface area (Å²) in [4.78, 5) is 2.62. The molecule has 1 saturated carbocycles. The monoisotopic (exact) mass is 264 g/mol. The van der Waals surface area contributed by atoms with Crippen LogP contribution < -0.4 is 5.73 Å². The summed E-state index contributed by atoms with van der Waals surface area (Å²) < 4.78 is 5.63. The van der Waals surface area contributed by atoms with Gasteiger partial charge in [-0.05, 0) is 37.8 Å². The Labute approximate surface area is 117 Å². The van der Waals surface area contributed by atoms with E-state index in [4.69, 9.17) is 10.2 Å². The van der Waals surface area contributed by atoms with Gasteiger partial charge in [-0.15, -0.1) is 0 Å². The molecule has 0 atom stereocenters. The van der Waals surface area contributed by atoms with Crippen molar-refractivity contribution in [3.05, 3.63) is 23.7 Å². The third kappa shape index (κ3) is 4.36. The Morgan fingerprint density at radius 2 is 2.11 bits per heavy atom. The zero-order valence-electron chi connectivity index (χ0n) is 12.4. The van der Waals surface area contributed by atoms with Crippen LogP contribution >= 0.6 is 0 Å². The normalized spacial score (nSPS) is 16.9. The molecule has 0 aliphatic heterocycles. The number of nitrogens with two attached hydrogens (primary N) is 1. The summed E-state index contributed by atoms with van der Waals surface area (Å²) in [7, 11) is 0. The summed E-state index contributed by atoms with van der Waals surface area (Å²) in [6.45, 7) is 7.29. The lowest BCUT2D eigenvalue weighted by atomic mass is 10.1. The van der Waals surface area contributed by atoms with Crippen LogP contribution in [0.15, 0.2) is 16.7 Å². The van der Waals surface area contributed by atoms with Gasteiger partial charge in [-0.1, -0.05) is 26.7 Å². The van der Waals surface area contributed by atoms with Crippen molar-refractivity contribution in [2.75, 3.05) is 6.54 Å². The van der Waals surface area contributed by atoms with Crippen LogP contribution in [-0.2, 0) is 13.1 Å².